The Morgan fingerprint density at radius 3 is 1.83 bits per heavy atom. The molecule has 0 aromatic heterocycles. The molecule has 2 unspecified atom stereocenters. The van der Waals surface area contributed by atoms with Crippen LogP contribution in [0.15, 0.2) is 60.7 Å². The topological polar surface area (TPSA) is 15.5 Å². The van der Waals surface area contributed by atoms with Crippen LogP contribution in [-0.2, 0) is 4.74 Å². The van der Waals surface area contributed by atoms with Crippen molar-refractivity contribution in [1.82, 2.24) is 9.80 Å². The van der Waals surface area contributed by atoms with Crippen molar-refractivity contribution >= 4 is 0 Å². The van der Waals surface area contributed by atoms with Gasteiger partial charge in [0.25, 0.3) is 0 Å². The summed E-state index contributed by atoms with van der Waals surface area (Å²) in [6, 6.07) is 23.0. The van der Waals surface area contributed by atoms with E-state index in [0.29, 0.717) is 12.1 Å². The Labute approximate surface area is 144 Å². The van der Waals surface area contributed by atoms with Gasteiger partial charge < -0.3 is 4.74 Å². The molecule has 0 saturated carbocycles. The van der Waals surface area contributed by atoms with Gasteiger partial charge in [0.05, 0.1) is 25.3 Å². The number of nitrogens with zero attached hydrogens (tertiary/aromatic N) is 2. The lowest BCUT2D eigenvalue weighted by Gasteiger charge is -2.26. The Hall–Kier alpha value is -1.68. The molecule has 2 aliphatic heterocycles. The first kappa shape index (κ1) is 15.8. The van der Waals surface area contributed by atoms with Crippen LogP contribution in [0, 0.1) is 0 Å². The van der Waals surface area contributed by atoms with E-state index in [2.05, 4.69) is 70.5 Å². The summed E-state index contributed by atoms with van der Waals surface area (Å²) in [5, 5.41) is 0. The Balaban J connectivity index is 1.40. The molecule has 2 heterocycles. The van der Waals surface area contributed by atoms with Gasteiger partial charge in [0, 0.05) is 19.6 Å². The molecule has 4 rings (SSSR count). The van der Waals surface area contributed by atoms with Crippen LogP contribution in [-0.4, -0.2) is 49.2 Å². The summed E-state index contributed by atoms with van der Waals surface area (Å²) in [7, 11) is 0. The minimum absolute atomic E-state index is 0.540. The number of hydrogen-bond donors (Lipinski definition) is 0. The predicted octanol–water partition coefficient (Wildman–Crippen LogP) is 3.51. The molecule has 2 atom stereocenters. The number of benzene rings is 2. The third kappa shape index (κ3) is 3.54. The molecular formula is C21H26N2O. The highest BCUT2D eigenvalue weighted by atomic mass is 16.5. The summed E-state index contributed by atoms with van der Waals surface area (Å²) >= 11 is 0. The van der Waals surface area contributed by atoms with E-state index in [9.17, 15) is 0 Å². The van der Waals surface area contributed by atoms with Crippen LogP contribution < -0.4 is 0 Å². The lowest BCUT2D eigenvalue weighted by molar-refractivity contribution is 0.0369. The molecule has 2 saturated heterocycles. The van der Waals surface area contributed by atoms with Gasteiger partial charge in [-0.15, -0.1) is 0 Å². The van der Waals surface area contributed by atoms with Gasteiger partial charge in [-0.2, -0.15) is 0 Å². The second kappa shape index (κ2) is 7.47. The van der Waals surface area contributed by atoms with Crippen LogP contribution in [0.1, 0.15) is 29.6 Å². The Morgan fingerprint density at radius 1 is 0.750 bits per heavy atom. The van der Waals surface area contributed by atoms with Gasteiger partial charge in [-0.1, -0.05) is 60.7 Å². The SMILES string of the molecule is c1ccc(C2C(c3ccccc3)N2CCCN2CCOCC2)cc1. The number of hydrogen-bond acceptors (Lipinski definition) is 3. The van der Waals surface area contributed by atoms with Gasteiger partial charge in [-0.25, -0.2) is 0 Å². The van der Waals surface area contributed by atoms with E-state index >= 15 is 0 Å². The molecule has 0 N–H and O–H groups in total. The summed E-state index contributed by atoms with van der Waals surface area (Å²) in [5.41, 5.74) is 2.88. The van der Waals surface area contributed by atoms with Crippen LogP contribution in [0.4, 0.5) is 0 Å². The van der Waals surface area contributed by atoms with Crippen LogP contribution in [0.25, 0.3) is 0 Å². The molecule has 126 valence electrons. The highest BCUT2D eigenvalue weighted by Crippen LogP contribution is 2.54. The number of morpholine rings is 1. The zero-order valence-electron chi connectivity index (χ0n) is 14.2. The summed E-state index contributed by atoms with van der Waals surface area (Å²) in [6.07, 6.45) is 1.23. The Kier molecular flexibility index (Phi) is 4.93. The highest BCUT2D eigenvalue weighted by molar-refractivity contribution is 5.34. The molecule has 24 heavy (non-hydrogen) atoms. The molecule has 2 aromatic carbocycles. The maximum Gasteiger partial charge on any atom is 0.0594 e. The first-order valence-corrected chi connectivity index (χ1v) is 9.09. The van der Waals surface area contributed by atoms with Crippen molar-refractivity contribution in [3.8, 4) is 0 Å². The zero-order chi connectivity index (χ0) is 16.2. The smallest absolute Gasteiger partial charge is 0.0594 e. The first-order chi connectivity index (χ1) is 11.9. The van der Waals surface area contributed by atoms with E-state index in [0.717, 1.165) is 32.8 Å². The monoisotopic (exact) mass is 322 g/mol. The number of ether oxygens (including phenoxy) is 1. The summed E-state index contributed by atoms with van der Waals surface area (Å²) in [5.74, 6) is 0. The summed E-state index contributed by atoms with van der Waals surface area (Å²) in [4.78, 5) is 5.17. The minimum atomic E-state index is 0.540. The van der Waals surface area contributed by atoms with Crippen molar-refractivity contribution in [1.29, 1.82) is 0 Å². The predicted molar refractivity (Wildman–Crippen MR) is 96.9 cm³/mol. The van der Waals surface area contributed by atoms with Crippen molar-refractivity contribution in [3.05, 3.63) is 71.8 Å². The fourth-order valence-electron chi connectivity index (χ4n) is 3.90. The average Bonchev–Trinajstić information content (AvgIpc) is 3.38. The van der Waals surface area contributed by atoms with Crippen LogP contribution in [0.3, 0.4) is 0 Å². The second-order valence-corrected chi connectivity index (χ2v) is 6.76. The Bertz CT molecular complexity index is 579. The quantitative estimate of drug-likeness (QED) is 0.757. The van der Waals surface area contributed by atoms with E-state index in [-0.39, 0.29) is 0 Å². The van der Waals surface area contributed by atoms with Gasteiger partial charge in [0.15, 0.2) is 0 Å². The normalized spacial score (nSPS) is 27.1. The molecule has 0 bridgehead atoms. The molecule has 3 nitrogen and oxygen atoms in total. The van der Waals surface area contributed by atoms with E-state index in [4.69, 9.17) is 4.74 Å². The van der Waals surface area contributed by atoms with Gasteiger partial charge in [0.1, 0.15) is 0 Å². The molecule has 3 heteroatoms. The molecule has 0 radical (unpaired) electrons. The van der Waals surface area contributed by atoms with Crippen molar-refractivity contribution in [3.63, 3.8) is 0 Å². The van der Waals surface area contributed by atoms with Crippen molar-refractivity contribution < 1.29 is 4.74 Å². The molecule has 0 aliphatic carbocycles. The molecule has 0 amide bonds. The molecular weight excluding hydrogens is 296 g/mol. The molecule has 0 spiro atoms. The zero-order valence-corrected chi connectivity index (χ0v) is 14.2. The van der Waals surface area contributed by atoms with Gasteiger partial charge >= 0.3 is 0 Å². The van der Waals surface area contributed by atoms with E-state index < -0.39 is 0 Å². The van der Waals surface area contributed by atoms with Crippen molar-refractivity contribution in [2.75, 3.05) is 39.4 Å². The van der Waals surface area contributed by atoms with Crippen LogP contribution >= 0.6 is 0 Å². The second-order valence-electron chi connectivity index (χ2n) is 6.76. The van der Waals surface area contributed by atoms with Crippen molar-refractivity contribution in [2.45, 2.75) is 18.5 Å². The number of rotatable bonds is 6. The maximum absolute atomic E-state index is 5.44. The molecule has 2 aromatic rings. The lowest BCUT2D eigenvalue weighted by Crippen LogP contribution is -2.37. The van der Waals surface area contributed by atoms with Gasteiger partial charge in [-0.05, 0) is 24.1 Å². The van der Waals surface area contributed by atoms with Gasteiger partial charge in [0.2, 0.25) is 0 Å². The standard InChI is InChI=1S/C21H26N2O/c1-3-8-18(9-4-1)20-21(19-10-5-2-6-11-19)23(20)13-7-12-22-14-16-24-17-15-22/h1-6,8-11,20-21H,7,12-17H2. The highest BCUT2D eigenvalue weighted by Gasteiger charge is 2.48. The third-order valence-electron chi connectivity index (χ3n) is 5.20. The molecule has 2 aliphatic rings. The van der Waals surface area contributed by atoms with E-state index in [1.54, 1.807) is 0 Å². The van der Waals surface area contributed by atoms with Crippen LogP contribution in [0.5, 0.6) is 0 Å². The van der Waals surface area contributed by atoms with Crippen LogP contribution in [0.2, 0.25) is 0 Å². The fraction of sp³-hybridized carbons (Fsp3) is 0.429. The lowest BCUT2D eigenvalue weighted by atomic mass is 10.0. The maximum atomic E-state index is 5.44. The molecule has 2 fully saturated rings. The fourth-order valence-corrected chi connectivity index (χ4v) is 3.90. The van der Waals surface area contributed by atoms with E-state index in [1.165, 1.54) is 24.1 Å². The van der Waals surface area contributed by atoms with Gasteiger partial charge in [-0.3, -0.25) is 9.80 Å². The first-order valence-electron chi connectivity index (χ1n) is 9.09. The summed E-state index contributed by atoms with van der Waals surface area (Å²) < 4.78 is 5.44. The average molecular weight is 322 g/mol. The Morgan fingerprint density at radius 2 is 1.29 bits per heavy atom. The van der Waals surface area contributed by atoms with E-state index in [1.807, 2.05) is 0 Å². The minimum Gasteiger partial charge on any atom is -0.379 e. The third-order valence-corrected chi connectivity index (χ3v) is 5.20. The summed E-state index contributed by atoms with van der Waals surface area (Å²) in [6.45, 7) is 6.31. The largest absolute Gasteiger partial charge is 0.379 e. The van der Waals surface area contributed by atoms with Crippen molar-refractivity contribution in [2.24, 2.45) is 0 Å².